The van der Waals surface area contributed by atoms with Crippen LogP contribution in [0.1, 0.15) is 6.23 Å². The molecule has 2 rings (SSSR count). The molecule has 124 valence electrons. The third kappa shape index (κ3) is 4.35. The summed E-state index contributed by atoms with van der Waals surface area (Å²) in [6, 6.07) is 1.42. The molecule has 1 fully saturated rings. The van der Waals surface area contributed by atoms with Crippen molar-refractivity contribution in [2.45, 2.75) is 26.8 Å². The summed E-state index contributed by atoms with van der Waals surface area (Å²) in [5, 5.41) is 18.8. The molecule has 0 saturated carbocycles. The Kier molecular flexibility index (Phi) is 6.17. The van der Waals surface area contributed by atoms with Crippen LogP contribution in [-0.2, 0) is 4.74 Å². The molecule has 4 atom stereocenters. The van der Waals surface area contributed by atoms with E-state index in [1.807, 2.05) is 0 Å². The maximum atomic E-state index is 11.9. The van der Waals surface area contributed by atoms with E-state index in [1.54, 1.807) is 0 Å². The van der Waals surface area contributed by atoms with Crippen molar-refractivity contribution in [1.82, 2.24) is 9.55 Å². The fourth-order valence-corrected chi connectivity index (χ4v) is 5.00. The highest BCUT2D eigenvalue weighted by Gasteiger charge is 2.46. The van der Waals surface area contributed by atoms with Gasteiger partial charge < -0.3 is 20.7 Å². The smallest absolute Gasteiger partial charge is 0.351 e. The van der Waals surface area contributed by atoms with E-state index in [-0.39, 0.29) is 5.82 Å². The van der Waals surface area contributed by atoms with Crippen LogP contribution in [0.5, 0.6) is 0 Å². The van der Waals surface area contributed by atoms with E-state index >= 15 is 0 Å². The van der Waals surface area contributed by atoms with Gasteiger partial charge >= 0.3 is 5.69 Å². The third-order valence-electron chi connectivity index (χ3n) is 2.87. The van der Waals surface area contributed by atoms with E-state index in [9.17, 15) is 15.0 Å². The predicted octanol–water partition coefficient (Wildman–Crippen LogP) is 1.15. The van der Waals surface area contributed by atoms with Crippen molar-refractivity contribution in [1.29, 1.82) is 0 Å². The third-order valence-corrected chi connectivity index (χ3v) is 7.11. The van der Waals surface area contributed by atoms with Gasteiger partial charge in [0, 0.05) is 6.20 Å². The summed E-state index contributed by atoms with van der Waals surface area (Å²) >= 11 is 17.0. The molecule has 0 radical (unpaired) electrons. The molecule has 1 aliphatic heterocycles. The average molecular weight is 409 g/mol. The van der Waals surface area contributed by atoms with Crippen molar-refractivity contribution in [2.75, 3.05) is 12.3 Å². The maximum Gasteiger partial charge on any atom is 0.351 e. The van der Waals surface area contributed by atoms with Crippen molar-refractivity contribution in [3.05, 3.63) is 22.7 Å². The van der Waals surface area contributed by atoms with Gasteiger partial charge in [-0.2, -0.15) is 4.98 Å². The molecule has 1 aromatic rings. The number of nitrogen functional groups attached to an aromatic ring is 1. The minimum atomic E-state index is -1.60. The standard InChI is InChI=1S/C10H12Cl3N3O4S2/c11-10(12,13)22-21-7-6(18)4(3-17)20-8(7)16-2-1-5(14)15-9(16)19/h1-2,4,6-8,17-18H,3H2,(H2,14,15,19)/t4-,6-,7+,8-/m1/s1. The average Bonchev–Trinajstić information content (AvgIpc) is 2.72. The van der Waals surface area contributed by atoms with E-state index in [0.29, 0.717) is 0 Å². The Hall–Kier alpha value is 0.130. The molecule has 7 nitrogen and oxygen atoms in total. The molecule has 0 spiro atoms. The molecular weight excluding hydrogens is 397 g/mol. The Morgan fingerprint density at radius 3 is 2.73 bits per heavy atom. The highest BCUT2D eigenvalue weighted by molar-refractivity contribution is 8.78. The van der Waals surface area contributed by atoms with E-state index in [1.165, 1.54) is 16.8 Å². The summed E-state index contributed by atoms with van der Waals surface area (Å²) in [4.78, 5) is 15.5. The largest absolute Gasteiger partial charge is 0.394 e. The Labute approximate surface area is 148 Å². The zero-order valence-electron chi connectivity index (χ0n) is 10.8. The lowest BCUT2D eigenvalue weighted by atomic mass is 10.2. The molecule has 22 heavy (non-hydrogen) atoms. The molecule has 0 aromatic carbocycles. The summed E-state index contributed by atoms with van der Waals surface area (Å²) < 4.78 is 5.10. The lowest BCUT2D eigenvalue weighted by Crippen LogP contribution is -2.34. The molecule has 1 saturated heterocycles. The van der Waals surface area contributed by atoms with E-state index in [4.69, 9.17) is 45.3 Å². The topological polar surface area (TPSA) is 111 Å². The molecule has 2 heterocycles. The van der Waals surface area contributed by atoms with Crippen molar-refractivity contribution in [3.8, 4) is 0 Å². The summed E-state index contributed by atoms with van der Waals surface area (Å²) in [6.07, 6.45) is -1.39. The first-order valence-electron chi connectivity index (χ1n) is 5.93. The fourth-order valence-electron chi connectivity index (χ4n) is 1.93. The zero-order valence-corrected chi connectivity index (χ0v) is 14.7. The van der Waals surface area contributed by atoms with Crippen LogP contribution in [0.25, 0.3) is 0 Å². The number of nitrogens with zero attached hydrogens (tertiary/aromatic N) is 2. The van der Waals surface area contributed by atoms with Crippen LogP contribution in [0.2, 0.25) is 0 Å². The van der Waals surface area contributed by atoms with Gasteiger partial charge in [-0.25, -0.2) is 4.79 Å². The van der Waals surface area contributed by atoms with Gasteiger partial charge in [-0.3, -0.25) is 4.57 Å². The lowest BCUT2D eigenvalue weighted by Gasteiger charge is -2.22. The van der Waals surface area contributed by atoms with E-state index < -0.39 is 39.1 Å². The number of nitrogens with two attached hydrogens (primary N) is 1. The molecule has 12 heteroatoms. The van der Waals surface area contributed by atoms with E-state index in [0.717, 1.165) is 21.6 Å². The van der Waals surface area contributed by atoms with Crippen LogP contribution in [0, 0.1) is 0 Å². The number of aliphatic hydroxyl groups is 2. The van der Waals surface area contributed by atoms with Gasteiger partial charge in [0.2, 0.25) is 3.12 Å². The minimum absolute atomic E-state index is 0.0679. The van der Waals surface area contributed by atoms with Crippen molar-refractivity contribution < 1.29 is 14.9 Å². The second-order valence-corrected chi connectivity index (χ2v) is 9.92. The predicted molar refractivity (Wildman–Crippen MR) is 89.2 cm³/mol. The van der Waals surface area contributed by atoms with Crippen LogP contribution in [0.4, 0.5) is 5.82 Å². The number of halogens is 3. The Morgan fingerprint density at radius 1 is 1.50 bits per heavy atom. The Balaban J connectivity index is 2.27. The van der Waals surface area contributed by atoms with Crippen LogP contribution in [0.3, 0.4) is 0 Å². The first-order valence-corrected chi connectivity index (χ1v) is 9.28. The second kappa shape index (κ2) is 7.35. The number of rotatable bonds is 4. The molecule has 0 amide bonds. The number of aromatic nitrogens is 2. The monoisotopic (exact) mass is 407 g/mol. The second-order valence-electron chi connectivity index (χ2n) is 4.37. The fraction of sp³-hybridized carbons (Fsp3) is 0.600. The van der Waals surface area contributed by atoms with Gasteiger partial charge in [0.1, 0.15) is 11.9 Å². The number of hydrogen-bond acceptors (Lipinski definition) is 8. The number of hydrogen-bond donors (Lipinski definition) is 3. The van der Waals surface area contributed by atoms with Crippen molar-refractivity contribution in [2.24, 2.45) is 0 Å². The number of aliphatic hydroxyl groups excluding tert-OH is 2. The van der Waals surface area contributed by atoms with Crippen LogP contribution < -0.4 is 11.4 Å². The molecule has 0 unspecified atom stereocenters. The number of ether oxygens (including phenoxy) is 1. The SMILES string of the molecule is Nc1ccn([C@@H]2O[C@H](CO)[C@@H](O)[C@@H]2SSC(Cl)(Cl)Cl)c(=O)n1. The molecule has 1 aliphatic rings. The van der Waals surface area contributed by atoms with Gasteiger partial charge in [-0.15, -0.1) is 0 Å². The van der Waals surface area contributed by atoms with Crippen LogP contribution in [0.15, 0.2) is 17.1 Å². The summed E-state index contributed by atoms with van der Waals surface area (Å²) in [7, 11) is 1.94. The van der Waals surface area contributed by atoms with E-state index in [2.05, 4.69) is 4.98 Å². The maximum absolute atomic E-state index is 11.9. The van der Waals surface area contributed by atoms with Gasteiger partial charge in [-0.1, -0.05) is 45.6 Å². The Bertz CT molecular complexity index is 585. The molecule has 1 aromatic heterocycles. The van der Waals surface area contributed by atoms with Crippen LogP contribution in [-0.4, -0.2) is 47.0 Å². The highest BCUT2D eigenvalue weighted by atomic mass is 35.6. The summed E-state index contributed by atoms with van der Waals surface area (Å²) in [5.74, 6) is 0.0679. The summed E-state index contributed by atoms with van der Waals surface area (Å²) in [5.41, 5.74) is 4.80. The number of anilines is 1. The quantitative estimate of drug-likeness (QED) is 0.503. The molecular formula is C10H12Cl3N3O4S2. The first kappa shape index (κ1) is 18.5. The highest BCUT2D eigenvalue weighted by Crippen LogP contribution is 2.51. The number of alkyl halides is 3. The lowest BCUT2D eigenvalue weighted by molar-refractivity contribution is -0.0456. The summed E-state index contributed by atoms with van der Waals surface area (Å²) in [6.45, 7) is -0.412. The van der Waals surface area contributed by atoms with Crippen molar-refractivity contribution >= 4 is 62.2 Å². The first-order chi connectivity index (χ1) is 10.2. The van der Waals surface area contributed by atoms with Gasteiger partial charge in [-0.05, 0) is 16.9 Å². The minimum Gasteiger partial charge on any atom is -0.394 e. The zero-order chi connectivity index (χ0) is 16.5. The molecule has 0 bridgehead atoms. The van der Waals surface area contributed by atoms with Crippen molar-refractivity contribution in [3.63, 3.8) is 0 Å². The molecule has 0 aliphatic carbocycles. The van der Waals surface area contributed by atoms with Gasteiger partial charge in [0.05, 0.1) is 18.0 Å². The van der Waals surface area contributed by atoms with Crippen LogP contribution >= 0.6 is 56.4 Å². The Morgan fingerprint density at radius 2 is 2.18 bits per heavy atom. The van der Waals surface area contributed by atoms with Gasteiger partial charge in [0.25, 0.3) is 0 Å². The molecule has 4 N–H and O–H groups in total. The normalized spacial score (nSPS) is 29.0. The van der Waals surface area contributed by atoms with Gasteiger partial charge in [0.15, 0.2) is 6.23 Å².